The molecule has 74 valence electrons. The van der Waals surface area contributed by atoms with Crippen molar-refractivity contribution in [3.05, 3.63) is 28.5 Å². The summed E-state index contributed by atoms with van der Waals surface area (Å²) < 4.78 is 13.0. The lowest BCUT2D eigenvalue weighted by atomic mass is 9.79. The van der Waals surface area contributed by atoms with Gasteiger partial charge in [-0.05, 0) is 12.1 Å². The maximum absolute atomic E-state index is 13.0. The molecule has 7 heteroatoms. The molecule has 0 aliphatic rings. The highest BCUT2D eigenvalue weighted by Gasteiger charge is 2.20. The monoisotopic (exact) mass is 217 g/mol. The Labute approximate surface area is 84.2 Å². The number of primary amides is 1. The molecule has 4 nitrogen and oxygen atoms in total. The van der Waals surface area contributed by atoms with Gasteiger partial charge >= 0.3 is 7.12 Å². The van der Waals surface area contributed by atoms with Gasteiger partial charge in [0, 0.05) is 5.46 Å². The molecule has 0 atom stereocenters. The van der Waals surface area contributed by atoms with Crippen molar-refractivity contribution in [3.8, 4) is 0 Å². The summed E-state index contributed by atoms with van der Waals surface area (Å²) in [5.74, 6) is -1.77. The molecule has 0 aromatic heterocycles. The summed E-state index contributed by atoms with van der Waals surface area (Å²) >= 11 is 5.50. The van der Waals surface area contributed by atoms with Crippen molar-refractivity contribution in [1.29, 1.82) is 0 Å². The van der Waals surface area contributed by atoms with Crippen LogP contribution in [0.4, 0.5) is 4.39 Å². The first-order chi connectivity index (χ1) is 6.43. The number of halogens is 2. The Kier molecular flexibility index (Phi) is 3.10. The van der Waals surface area contributed by atoms with Crippen LogP contribution < -0.4 is 11.2 Å². The van der Waals surface area contributed by atoms with Gasteiger partial charge in [0.1, 0.15) is 5.82 Å². The van der Waals surface area contributed by atoms with Crippen LogP contribution in [0.15, 0.2) is 12.1 Å². The Morgan fingerprint density at radius 1 is 1.50 bits per heavy atom. The second-order valence-electron chi connectivity index (χ2n) is 2.59. The lowest BCUT2D eigenvalue weighted by Gasteiger charge is -2.05. The van der Waals surface area contributed by atoms with Gasteiger partial charge < -0.3 is 15.8 Å². The van der Waals surface area contributed by atoms with Gasteiger partial charge in [0.25, 0.3) is 0 Å². The van der Waals surface area contributed by atoms with Crippen LogP contribution in [0.3, 0.4) is 0 Å². The molecule has 0 bridgehead atoms. The molecular formula is C7H6BClFNO3. The molecular weight excluding hydrogens is 211 g/mol. The van der Waals surface area contributed by atoms with Gasteiger partial charge in [-0.25, -0.2) is 4.39 Å². The Balaban J connectivity index is 3.34. The lowest BCUT2D eigenvalue weighted by Crippen LogP contribution is -2.34. The van der Waals surface area contributed by atoms with Crippen molar-refractivity contribution >= 4 is 30.1 Å². The molecule has 0 heterocycles. The second-order valence-corrected chi connectivity index (χ2v) is 3.00. The van der Waals surface area contributed by atoms with Gasteiger partial charge in [-0.15, -0.1) is 0 Å². The third kappa shape index (κ3) is 2.04. The summed E-state index contributed by atoms with van der Waals surface area (Å²) in [6.07, 6.45) is 0. The van der Waals surface area contributed by atoms with E-state index in [1.54, 1.807) is 0 Å². The van der Waals surface area contributed by atoms with Crippen molar-refractivity contribution in [1.82, 2.24) is 0 Å². The fourth-order valence-corrected chi connectivity index (χ4v) is 1.20. The zero-order valence-corrected chi connectivity index (χ0v) is 7.62. The third-order valence-corrected chi connectivity index (χ3v) is 1.94. The maximum atomic E-state index is 13.0. The Morgan fingerprint density at radius 2 is 2.07 bits per heavy atom. The summed E-state index contributed by atoms with van der Waals surface area (Å²) in [6.45, 7) is 0. The van der Waals surface area contributed by atoms with Gasteiger partial charge in [-0.2, -0.15) is 0 Å². The van der Waals surface area contributed by atoms with Gasteiger partial charge in [0.05, 0.1) is 10.6 Å². The Morgan fingerprint density at radius 3 is 2.50 bits per heavy atom. The first-order valence-electron chi connectivity index (χ1n) is 3.58. The van der Waals surface area contributed by atoms with Crippen LogP contribution >= 0.6 is 11.6 Å². The molecule has 1 aromatic carbocycles. The van der Waals surface area contributed by atoms with E-state index < -0.39 is 24.3 Å². The summed E-state index contributed by atoms with van der Waals surface area (Å²) in [7, 11) is -2.01. The number of rotatable bonds is 2. The van der Waals surface area contributed by atoms with Crippen molar-refractivity contribution in [2.45, 2.75) is 0 Å². The molecule has 14 heavy (non-hydrogen) atoms. The molecule has 4 N–H and O–H groups in total. The van der Waals surface area contributed by atoms with Crippen LogP contribution in [-0.2, 0) is 0 Å². The average Bonchev–Trinajstić information content (AvgIpc) is 2.02. The van der Waals surface area contributed by atoms with E-state index in [9.17, 15) is 9.18 Å². The molecule has 0 aliphatic heterocycles. The first kappa shape index (κ1) is 11.0. The van der Waals surface area contributed by atoms with Gasteiger partial charge in [0.2, 0.25) is 5.91 Å². The van der Waals surface area contributed by atoms with Crippen LogP contribution in [0.25, 0.3) is 0 Å². The predicted octanol–water partition coefficient (Wildman–Crippen LogP) is -0.742. The summed E-state index contributed by atoms with van der Waals surface area (Å²) in [4.78, 5) is 10.8. The molecule has 0 radical (unpaired) electrons. The minimum atomic E-state index is -2.01. The first-order valence-corrected chi connectivity index (χ1v) is 3.96. The highest BCUT2D eigenvalue weighted by molar-refractivity contribution is 6.59. The van der Waals surface area contributed by atoms with Crippen molar-refractivity contribution in [2.75, 3.05) is 0 Å². The quantitative estimate of drug-likeness (QED) is 0.570. The standard InChI is InChI=1S/C7H6BClFNO3/c9-5-2-6(10)4(8(13)14)1-3(5)7(11)12/h1-2,13-14H,(H2,11,12). The number of carbonyl (C=O) groups is 1. The molecule has 0 aliphatic carbocycles. The Hall–Kier alpha value is -1.11. The molecule has 0 unspecified atom stereocenters. The summed E-state index contributed by atoms with van der Waals surface area (Å²) in [6, 6.07) is 1.71. The zero-order valence-electron chi connectivity index (χ0n) is 6.87. The highest BCUT2D eigenvalue weighted by atomic mass is 35.5. The van der Waals surface area contributed by atoms with Crippen molar-refractivity contribution in [2.24, 2.45) is 5.73 Å². The van der Waals surface area contributed by atoms with Gasteiger partial charge in [-0.1, -0.05) is 11.6 Å². The van der Waals surface area contributed by atoms with E-state index >= 15 is 0 Å². The van der Waals surface area contributed by atoms with Crippen LogP contribution in [0.2, 0.25) is 5.02 Å². The van der Waals surface area contributed by atoms with Crippen LogP contribution in [0.5, 0.6) is 0 Å². The predicted molar refractivity (Wildman–Crippen MR) is 49.8 cm³/mol. The second kappa shape index (κ2) is 3.95. The lowest BCUT2D eigenvalue weighted by molar-refractivity contribution is 0.100. The number of carbonyl (C=O) groups excluding carboxylic acids is 1. The molecule has 1 amide bonds. The summed E-state index contributed by atoms with van der Waals surface area (Å²) in [5, 5.41) is 17.3. The largest absolute Gasteiger partial charge is 0.491 e. The molecule has 1 aromatic rings. The average molecular weight is 217 g/mol. The molecule has 0 saturated carbocycles. The Bertz CT molecular complexity index is 385. The van der Waals surface area contributed by atoms with E-state index in [1.807, 2.05) is 0 Å². The minimum Gasteiger partial charge on any atom is -0.423 e. The van der Waals surface area contributed by atoms with E-state index in [-0.39, 0.29) is 10.6 Å². The van der Waals surface area contributed by atoms with E-state index in [4.69, 9.17) is 27.4 Å². The fourth-order valence-electron chi connectivity index (χ4n) is 0.952. The van der Waals surface area contributed by atoms with Crippen LogP contribution in [0, 0.1) is 5.82 Å². The number of benzene rings is 1. The number of hydrogen-bond donors (Lipinski definition) is 3. The van der Waals surface area contributed by atoms with E-state index in [0.29, 0.717) is 0 Å². The van der Waals surface area contributed by atoms with Crippen molar-refractivity contribution in [3.63, 3.8) is 0 Å². The molecule has 0 saturated heterocycles. The smallest absolute Gasteiger partial charge is 0.423 e. The fraction of sp³-hybridized carbons (Fsp3) is 0. The minimum absolute atomic E-state index is 0.156. The summed E-state index contributed by atoms with van der Waals surface area (Å²) in [5.41, 5.74) is 4.33. The number of amides is 1. The van der Waals surface area contributed by atoms with E-state index in [1.165, 1.54) is 0 Å². The van der Waals surface area contributed by atoms with E-state index in [2.05, 4.69) is 0 Å². The highest BCUT2D eigenvalue weighted by Crippen LogP contribution is 2.15. The van der Waals surface area contributed by atoms with E-state index in [0.717, 1.165) is 12.1 Å². The van der Waals surface area contributed by atoms with Crippen LogP contribution in [0.1, 0.15) is 10.4 Å². The van der Waals surface area contributed by atoms with Crippen LogP contribution in [-0.4, -0.2) is 23.1 Å². The molecule has 1 rings (SSSR count). The normalized spacial score (nSPS) is 10.0. The topological polar surface area (TPSA) is 83.6 Å². The molecule has 0 spiro atoms. The SMILES string of the molecule is NC(=O)c1cc(B(O)O)c(F)cc1Cl. The third-order valence-electron chi connectivity index (χ3n) is 1.63. The zero-order chi connectivity index (χ0) is 10.9. The maximum Gasteiger partial charge on any atom is 0.491 e. The van der Waals surface area contributed by atoms with Gasteiger partial charge in [0.15, 0.2) is 0 Å². The molecule has 0 fully saturated rings. The van der Waals surface area contributed by atoms with Gasteiger partial charge in [-0.3, -0.25) is 4.79 Å². The van der Waals surface area contributed by atoms with Crippen molar-refractivity contribution < 1.29 is 19.2 Å². The number of hydrogen-bond acceptors (Lipinski definition) is 3. The number of nitrogens with two attached hydrogens (primary N) is 1.